The number of pyridine rings is 1. The van der Waals surface area contributed by atoms with E-state index in [1.54, 1.807) is 4.68 Å². The van der Waals surface area contributed by atoms with Gasteiger partial charge in [0.25, 0.3) is 5.95 Å². The predicted octanol–water partition coefficient (Wildman–Crippen LogP) is 2.40. The Balaban J connectivity index is 1.54. The van der Waals surface area contributed by atoms with Gasteiger partial charge in [0.15, 0.2) is 0 Å². The highest BCUT2D eigenvalue weighted by molar-refractivity contribution is 5.56. The van der Waals surface area contributed by atoms with Gasteiger partial charge in [-0.1, -0.05) is 23.3 Å². The second-order valence-electron chi connectivity index (χ2n) is 5.47. The number of nitrogens with one attached hydrogen (secondary N) is 1. The first-order valence-corrected chi connectivity index (χ1v) is 7.72. The Bertz CT molecular complexity index is 761. The molecule has 0 radical (unpaired) electrons. The topological polar surface area (TPSA) is 71.8 Å². The third-order valence-electron chi connectivity index (χ3n) is 3.90. The zero-order valence-electron chi connectivity index (χ0n) is 12.6. The van der Waals surface area contributed by atoms with E-state index < -0.39 is 0 Å². The van der Waals surface area contributed by atoms with Gasteiger partial charge in [0, 0.05) is 13.1 Å². The molecule has 23 heavy (non-hydrogen) atoms. The minimum Gasteiger partial charge on any atom is -0.357 e. The average molecular weight is 307 g/mol. The van der Waals surface area contributed by atoms with Crippen molar-refractivity contribution in [1.82, 2.24) is 25.2 Å². The molecule has 0 spiro atoms. The number of para-hydroxylation sites is 1. The fourth-order valence-electron chi connectivity index (χ4n) is 2.73. The molecule has 0 aliphatic carbocycles. The van der Waals surface area contributed by atoms with Gasteiger partial charge in [-0.25, -0.2) is 4.98 Å². The van der Waals surface area contributed by atoms with Crippen molar-refractivity contribution in [2.24, 2.45) is 0 Å². The van der Waals surface area contributed by atoms with Gasteiger partial charge in [-0.2, -0.15) is 4.68 Å². The Labute approximate surface area is 134 Å². The van der Waals surface area contributed by atoms with Gasteiger partial charge >= 0.3 is 0 Å². The molecule has 7 nitrogen and oxygen atoms in total. The molecule has 4 rings (SSSR count). The summed E-state index contributed by atoms with van der Waals surface area (Å²) in [5, 5.41) is 15.0. The van der Waals surface area contributed by atoms with E-state index in [1.165, 1.54) is 12.8 Å². The molecule has 1 saturated heterocycles. The van der Waals surface area contributed by atoms with E-state index in [9.17, 15) is 0 Å². The van der Waals surface area contributed by atoms with Crippen molar-refractivity contribution in [3.8, 4) is 5.69 Å². The Hall–Kier alpha value is -2.96. The summed E-state index contributed by atoms with van der Waals surface area (Å²) in [5.41, 5.74) is 1.77. The zero-order valence-corrected chi connectivity index (χ0v) is 12.6. The Morgan fingerprint density at radius 2 is 1.78 bits per heavy atom. The summed E-state index contributed by atoms with van der Waals surface area (Å²) < 4.78 is 1.66. The normalized spacial score (nSPS) is 14.2. The summed E-state index contributed by atoms with van der Waals surface area (Å²) in [6.07, 6.45) is 4.30. The van der Waals surface area contributed by atoms with Crippen LogP contribution in [0.1, 0.15) is 12.8 Å². The maximum atomic E-state index is 4.53. The maximum absolute atomic E-state index is 4.53. The Morgan fingerprint density at radius 1 is 0.957 bits per heavy atom. The summed E-state index contributed by atoms with van der Waals surface area (Å²) in [5.74, 6) is 1.59. The molecule has 2 aromatic heterocycles. The molecule has 116 valence electrons. The number of rotatable bonds is 4. The van der Waals surface area contributed by atoms with Crippen LogP contribution in [-0.4, -0.2) is 38.3 Å². The Kier molecular flexibility index (Phi) is 3.59. The molecule has 0 amide bonds. The molecular formula is C16H17N7. The van der Waals surface area contributed by atoms with Crippen LogP contribution in [0, 0.1) is 0 Å². The minimum absolute atomic E-state index is 0.562. The van der Waals surface area contributed by atoms with Gasteiger partial charge in [-0.3, -0.25) is 0 Å². The van der Waals surface area contributed by atoms with Crippen LogP contribution in [0.5, 0.6) is 0 Å². The first-order valence-electron chi connectivity index (χ1n) is 7.72. The third-order valence-corrected chi connectivity index (χ3v) is 3.90. The number of anilines is 3. The first kappa shape index (κ1) is 13.7. The van der Waals surface area contributed by atoms with Crippen molar-refractivity contribution in [2.45, 2.75) is 12.8 Å². The number of nitrogens with zero attached hydrogens (tertiary/aromatic N) is 6. The van der Waals surface area contributed by atoms with Crippen LogP contribution in [0.2, 0.25) is 0 Å². The Morgan fingerprint density at radius 3 is 2.52 bits per heavy atom. The predicted molar refractivity (Wildman–Crippen MR) is 88.1 cm³/mol. The lowest BCUT2D eigenvalue weighted by molar-refractivity contribution is 0.791. The van der Waals surface area contributed by atoms with Crippen molar-refractivity contribution < 1.29 is 0 Å². The monoisotopic (exact) mass is 307 g/mol. The van der Waals surface area contributed by atoms with Gasteiger partial charge in [0.05, 0.1) is 17.6 Å². The van der Waals surface area contributed by atoms with Gasteiger partial charge in [-0.15, -0.1) is 0 Å². The number of hydrogen-bond acceptors (Lipinski definition) is 6. The highest BCUT2D eigenvalue weighted by Gasteiger charge is 2.13. The van der Waals surface area contributed by atoms with Gasteiger partial charge < -0.3 is 10.2 Å². The molecule has 0 atom stereocenters. The molecular weight excluding hydrogens is 290 g/mol. The molecule has 1 aliphatic rings. The summed E-state index contributed by atoms with van der Waals surface area (Å²) in [7, 11) is 0. The summed E-state index contributed by atoms with van der Waals surface area (Å²) in [6.45, 7) is 2.18. The average Bonchev–Trinajstić information content (AvgIpc) is 3.28. The lowest BCUT2D eigenvalue weighted by atomic mass is 10.3. The minimum atomic E-state index is 0.562. The highest BCUT2D eigenvalue weighted by Crippen LogP contribution is 2.21. The van der Waals surface area contributed by atoms with Crippen LogP contribution in [0.4, 0.5) is 17.5 Å². The van der Waals surface area contributed by atoms with E-state index in [-0.39, 0.29) is 0 Å². The van der Waals surface area contributed by atoms with Crippen LogP contribution in [-0.2, 0) is 0 Å². The molecule has 0 saturated carbocycles. The quantitative estimate of drug-likeness (QED) is 0.798. The van der Waals surface area contributed by atoms with E-state index in [0.717, 1.165) is 30.3 Å². The van der Waals surface area contributed by atoms with Crippen molar-refractivity contribution in [3.63, 3.8) is 0 Å². The summed E-state index contributed by atoms with van der Waals surface area (Å²) in [6, 6.07) is 13.8. The summed E-state index contributed by atoms with van der Waals surface area (Å²) >= 11 is 0. The molecule has 0 unspecified atom stereocenters. The van der Waals surface area contributed by atoms with E-state index in [2.05, 4.69) is 30.7 Å². The lowest BCUT2D eigenvalue weighted by Crippen LogP contribution is -2.18. The van der Waals surface area contributed by atoms with E-state index in [1.807, 2.05) is 48.7 Å². The third kappa shape index (κ3) is 2.85. The van der Waals surface area contributed by atoms with Crippen LogP contribution >= 0.6 is 0 Å². The number of benzene rings is 1. The lowest BCUT2D eigenvalue weighted by Gasteiger charge is -2.16. The molecule has 7 heteroatoms. The fraction of sp³-hybridized carbons (Fsp3) is 0.250. The maximum Gasteiger partial charge on any atom is 0.252 e. The smallest absolute Gasteiger partial charge is 0.252 e. The number of tetrazole rings is 1. The largest absolute Gasteiger partial charge is 0.357 e. The van der Waals surface area contributed by atoms with Crippen molar-refractivity contribution in [3.05, 3.63) is 48.7 Å². The van der Waals surface area contributed by atoms with Gasteiger partial charge in [0.2, 0.25) is 0 Å². The number of aromatic nitrogens is 5. The second kappa shape index (κ2) is 6.04. The van der Waals surface area contributed by atoms with Crippen LogP contribution in [0.25, 0.3) is 5.69 Å². The SMILES string of the molecule is c1ccc(-n2nnnc2Nc2ccc(N3CCCC3)nc2)cc1. The van der Waals surface area contributed by atoms with Crippen LogP contribution in [0.15, 0.2) is 48.7 Å². The summed E-state index contributed by atoms with van der Waals surface area (Å²) in [4.78, 5) is 6.83. The molecule has 1 aromatic carbocycles. The van der Waals surface area contributed by atoms with Crippen LogP contribution < -0.4 is 10.2 Å². The van der Waals surface area contributed by atoms with E-state index >= 15 is 0 Å². The molecule has 3 aromatic rings. The van der Waals surface area contributed by atoms with E-state index in [0.29, 0.717) is 5.95 Å². The number of hydrogen-bond donors (Lipinski definition) is 1. The zero-order chi connectivity index (χ0) is 15.5. The first-order chi connectivity index (χ1) is 11.4. The van der Waals surface area contributed by atoms with Crippen LogP contribution in [0.3, 0.4) is 0 Å². The molecule has 0 bridgehead atoms. The molecule has 3 heterocycles. The van der Waals surface area contributed by atoms with Gasteiger partial charge in [-0.05, 0) is 47.5 Å². The molecule has 1 aliphatic heterocycles. The van der Waals surface area contributed by atoms with Gasteiger partial charge in [0.1, 0.15) is 5.82 Å². The fourth-order valence-corrected chi connectivity index (χ4v) is 2.73. The van der Waals surface area contributed by atoms with E-state index in [4.69, 9.17) is 0 Å². The second-order valence-corrected chi connectivity index (χ2v) is 5.47. The van der Waals surface area contributed by atoms with Crippen molar-refractivity contribution >= 4 is 17.5 Å². The van der Waals surface area contributed by atoms with Crippen molar-refractivity contribution in [2.75, 3.05) is 23.3 Å². The highest BCUT2D eigenvalue weighted by atomic mass is 15.6. The molecule has 1 N–H and O–H groups in total. The van der Waals surface area contributed by atoms with Crippen molar-refractivity contribution in [1.29, 1.82) is 0 Å². The standard InChI is InChI=1S/C16H17N7/c1-2-6-14(7-3-1)23-16(19-20-21-23)18-13-8-9-15(17-12-13)22-10-4-5-11-22/h1-3,6-9,12H,4-5,10-11H2,(H,18,19,21). The molecule has 1 fully saturated rings.